The topological polar surface area (TPSA) is 53.5 Å². The van der Waals surface area contributed by atoms with Gasteiger partial charge in [-0.25, -0.2) is 9.97 Å². The zero-order valence-electron chi connectivity index (χ0n) is 12.8. The van der Waals surface area contributed by atoms with Crippen molar-refractivity contribution < 1.29 is 4.74 Å². The van der Waals surface area contributed by atoms with Crippen molar-refractivity contribution >= 4 is 11.6 Å². The Labute approximate surface area is 126 Å². The summed E-state index contributed by atoms with van der Waals surface area (Å²) in [5.74, 6) is 1.92. The Hall–Kier alpha value is -1.40. The summed E-state index contributed by atoms with van der Waals surface area (Å²) in [5.41, 5.74) is 0. The highest BCUT2D eigenvalue weighted by molar-refractivity contribution is 5.48. The third-order valence-corrected chi connectivity index (χ3v) is 4.33. The van der Waals surface area contributed by atoms with Crippen molar-refractivity contribution in [1.29, 1.82) is 0 Å². The van der Waals surface area contributed by atoms with E-state index < -0.39 is 0 Å². The van der Waals surface area contributed by atoms with E-state index in [9.17, 15) is 0 Å². The monoisotopic (exact) mass is 291 g/mol. The maximum Gasteiger partial charge on any atom is 0.134 e. The van der Waals surface area contributed by atoms with Crippen LogP contribution in [0.5, 0.6) is 0 Å². The van der Waals surface area contributed by atoms with E-state index in [-0.39, 0.29) is 0 Å². The summed E-state index contributed by atoms with van der Waals surface area (Å²) in [5, 5.41) is 3.37. The zero-order valence-corrected chi connectivity index (χ0v) is 12.8. The summed E-state index contributed by atoms with van der Waals surface area (Å²) < 4.78 is 5.62. The molecule has 0 radical (unpaired) electrons. The molecule has 6 heteroatoms. The van der Waals surface area contributed by atoms with Gasteiger partial charge in [0.2, 0.25) is 0 Å². The quantitative estimate of drug-likeness (QED) is 0.880. The van der Waals surface area contributed by atoms with Crippen LogP contribution in [-0.2, 0) is 4.74 Å². The van der Waals surface area contributed by atoms with E-state index in [1.807, 2.05) is 0 Å². The van der Waals surface area contributed by atoms with Gasteiger partial charge in [-0.2, -0.15) is 0 Å². The van der Waals surface area contributed by atoms with Crippen LogP contribution in [0.3, 0.4) is 0 Å². The SMILES string of the molecule is CCN1CCN(c2cc(NCC3CCCO3)ncn2)CC1. The van der Waals surface area contributed by atoms with Crippen molar-refractivity contribution in [2.45, 2.75) is 25.9 Å². The number of ether oxygens (including phenoxy) is 1. The lowest BCUT2D eigenvalue weighted by Gasteiger charge is -2.34. The molecule has 1 unspecified atom stereocenters. The van der Waals surface area contributed by atoms with Crippen LogP contribution in [0.15, 0.2) is 12.4 Å². The molecule has 0 saturated carbocycles. The summed E-state index contributed by atoms with van der Waals surface area (Å²) in [6.45, 7) is 9.37. The van der Waals surface area contributed by atoms with Crippen LogP contribution in [0.4, 0.5) is 11.6 Å². The number of piperazine rings is 1. The Balaban J connectivity index is 1.55. The zero-order chi connectivity index (χ0) is 14.5. The second kappa shape index (κ2) is 7.04. The van der Waals surface area contributed by atoms with Crippen LogP contribution in [0.25, 0.3) is 0 Å². The molecule has 0 bridgehead atoms. The van der Waals surface area contributed by atoms with E-state index in [4.69, 9.17) is 4.74 Å². The molecule has 1 atom stereocenters. The van der Waals surface area contributed by atoms with Gasteiger partial charge in [-0.15, -0.1) is 0 Å². The molecule has 1 aromatic heterocycles. The van der Waals surface area contributed by atoms with E-state index in [1.165, 1.54) is 6.42 Å². The summed E-state index contributed by atoms with van der Waals surface area (Å²) >= 11 is 0. The summed E-state index contributed by atoms with van der Waals surface area (Å²) in [6, 6.07) is 2.05. The van der Waals surface area contributed by atoms with Crippen molar-refractivity contribution in [1.82, 2.24) is 14.9 Å². The van der Waals surface area contributed by atoms with Gasteiger partial charge in [-0.05, 0) is 19.4 Å². The molecule has 6 nitrogen and oxygen atoms in total. The molecule has 2 fully saturated rings. The van der Waals surface area contributed by atoms with Crippen LogP contribution in [0.1, 0.15) is 19.8 Å². The van der Waals surface area contributed by atoms with Gasteiger partial charge < -0.3 is 19.9 Å². The molecule has 3 rings (SSSR count). The molecule has 1 N–H and O–H groups in total. The van der Waals surface area contributed by atoms with E-state index in [1.54, 1.807) is 6.33 Å². The largest absolute Gasteiger partial charge is 0.376 e. The summed E-state index contributed by atoms with van der Waals surface area (Å²) in [4.78, 5) is 13.5. The van der Waals surface area contributed by atoms with Gasteiger partial charge in [0, 0.05) is 45.4 Å². The van der Waals surface area contributed by atoms with Gasteiger partial charge in [0.1, 0.15) is 18.0 Å². The van der Waals surface area contributed by atoms with E-state index >= 15 is 0 Å². The summed E-state index contributed by atoms with van der Waals surface area (Å²) in [7, 11) is 0. The van der Waals surface area contributed by atoms with Crippen LogP contribution in [-0.4, -0.2) is 66.8 Å². The van der Waals surface area contributed by atoms with Crippen LogP contribution < -0.4 is 10.2 Å². The first kappa shape index (κ1) is 14.5. The van der Waals surface area contributed by atoms with Crippen LogP contribution >= 0.6 is 0 Å². The third-order valence-electron chi connectivity index (χ3n) is 4.33. The fourth-order valence-electron chi connectivity index (χ4n) is 2.93. The van der Waals surface area contributed by atoms with Gasteiger partial charge in [0.15, 0.2) is 0 Å². The lowest BCUT2D eigenvalue weighted by Crippen LogP contribution is -2.46. The van der Waals surface area contributed by atoms with Crippen LogP contribution in [0, 0.1) is 0 Å². The average molecular weight is 291 g/mol. The Morgan fingerprint density at radius 3 is 2.86 bits per heavy atom. The molecule has 2 saturated heterocycles. The Bertz CT molecular complexity index is 441. The second-order valence-corrected chi connectivity index (χ2v) is 5.70. The molecule has 2 aliphatic rings. The minimum Gasteiger partial charge on any atom is -0.376 e. The third kappa shape index (κ3) is 3.83. The maximum atomic E-state index is 5.62. The number of anilines is 2. The highest BCUT2D eigenvalue weighted by Gasteiger charge is 2.18. The number of rotatable bonds is 5. The number of hydrogen-bond donors (Lipinski definition) is 1. The van der Waals surface area contributed by atoms with Crippen molar-refractivity contribution in [3.05, 3.63) is 12.4 Å². The molecule has 1 aromatic rings. The van der Waals surface area contributed by atoms with Gasteiger partial charge in [-0.3, -0.25) is 0 Å². The minimum absolute atomic E-state index is 0.330. The number of likely N-dealkylation sites (N-methyl/N-ethyl adjacent to an activating group) is 1. The standard InChI is InChI=1S/C15H25N5O/c1-2-19-5-7-20(8-6-19)15-10-14(17-12-18-15)16-11-13-4-3-9-21-13/h10,12-13H,2-9,11H2,1H3,(H,16,17,18). The van der Waals surface area contributed by atoms with Crippen molar-refractivity contribution in [2.24, 2.45) is 0 Å². The number of nitrogens with zero attached hydrogens (tertiary/aromatic N) is 4. The Morgan fingerprint density at radius 1 is 1.29 bits per heavy atom. The molecule has 0 aromatic carbocycles. The van der Waals surface area contributed by atoms with Gasteiger partial charge >= 0.3 is 0 Å². The molecule has 21 heavy (non-hydrogen) atoms. The lowest BCUT2D eigenvalue weighted by atomic mass is 10.2. The number of aromatic nitrogens is 2. The molecule has 2 aliphatic heterocycles. The van der Waals surface area contributed by atoms with Crippen molar-refractivity contribution in [3.63, 3.8) is 0 Å². The number of hydrogen-bond acceptors (Lipinski definition) is 6. The molecule has 0 spiro atoms. The van der Waals surface area contributed by atoms with Gasteiger partial charge in [0.05, 0.1) is 6.10 Å². The average Bonchev–Trinajstić information content (AvgIpc) is 3.07. The first-order valence-electron chi connectivity index (χ1n) is 8.00. The Kier molecular flexibility index (Phi) is 4.87. The fourth-order valence-corrected chi connectivity index (χ4v) is 2.93. The second-order valence-electron chi connectivity index (χ2n) is 5.70. The van der Waals surface area contributed by atoms with Gasteiger partial charge in [-0.1, -0.05) is 6.92 Å². The number of nitrogens with one attached hydrogen (secondary N) is 1. The minimum atomic E-state index is 0.330. The summed E-state index contributed by atoms with van der Waals surface area (Å²) in [6.07, 6.45) is 4.29. The molecular formula is C15H25N5O. The normalized spacial score (nSPS) is 23.5. The lowest BCUT2D eigenvalue weighted by molar-refractivity contribution is 0.120. The van der Waals surface area contributed by atoms with E-state index in [0.717, 1.165) is 63.9 Å². The smallest absolute Gasteiger partial charge is 0.134 e. The highest BCUT2D eigenvalue weighted by atomic mass is 16.5. The first-order valence-corrected chi connectivity index (χ1v) is 8.00. The highest BCUT2D eigenvalue weighted by Crippen LogP contribution is 2.17. The van der Waals surface area contributed by atoms with Gasteiger partial charge in [0.25, 0.3) is 0 Å². The Morgan fingerprint density at radius 2 is 2.14 bits per heavy atom. The molecular weight excluding hydrogens is 266 g/mol. The molecule has 3 heterocycles. The molecule has 0 amide bonds. The first-order chi connectivity index (χ1) is 10.3. The van der Waals surface area contributed by atoms with E-state index in [2.05, 4.69) is 38.1 Å². The van der Waals surface area contributed by atoms with Crippen molar-refractivity contribution in [3.8, 4) is 0 Å². The van der Waals surface area contributed by atoms with E-state index in [0.29, 0.717) is 6.10 Å². The molecule has 116 valence electrons. The fraction of sp³-hybridized carbons (Fsp3) is 0.733. The van der Waals surface area contributed by atoms with Crippen molar-refractivity contribution in [2.75, 3.05) is 56.1 Å². The predicted molar refractivity (Wildman–Crippen MR) is 83.8 cm³/mol. The van der Waals surface area contributed by atoms with Crippen LogP contribution in [0.2, 0.25) is 0 Å². The maximum absolute atomic E-state index is 5.62. The molecule has 0 aliphatic carbocycles. The predicted octanol–water partition coefficient (Wildman–Crippen LogP) is 1.21.